The summed E-state index contributed by atoms with van der Waals surface area (Å²) < 4.78 is 28.4. The van der Waals surface area contributed by atoms with Gasteiger partial charge in [0.15, 0.2) is 11.0 Å². The highest BCUT2D eigenvalue weighted by molar-refractivity contribution is 7.99. The summed E-state index contributed by atoms with van der Waals surface area (Å²) in [7, 11) is -2.28. The molecule has 0 spiro atoms. The van der Waals surface area contributed by atoms with Crippen molar-refractivity contribution in [2.24, 2.45) is 0 Å². The number of carbonyl (C=O) groups is 1. The molecule has 0 saturated carbocycles. The van der Waals surface area contributed by atoms with Gasteiger partial charge in [-0.15, -0.1) is 16.8 Å². The first-order valence-corrected chi connectivity index (χ1v) is 12.4. The molecule has 3 aromatic rings. The van der Waals surface area contributed by atoms with E-state index in [0.717, 1.165) is 5.56 Å². The molecule has 1 heterocycles. The van der Waals surface area contributed by atoms with Gasteiger partial charge >= 0.3 is 0 Å². The second-order valence-corrected chi connectivity index (χ2v) is 9.97. The third-order valence-corrected chi connectivity index (χ3v) is 7.27. The number of benzene rings is 2. The third-order valence-electron chi connectivity index (χ3n) is 4.49. The first-order chi connectivity index (χ1) is 15.2. The van der Waals surface area contributed by atoms with Crippen LogP contribution in [0.3, 0.4) is 0 Å². The molecule has 11 heteroatoms. The number of halogens is 1. The van der Waals surface area contributed by atoms with Gasteiger partial charge in [0, 0.05) is 22.8 Å². The number of thioether (sulfide) groups is 1. The van der Waals surface area contributed by atoms with E-state index in [1.54, 1.807) is 37.3 Å². The van der Waals surface area contributed by atoms with Crippen LogP contribution in [-0.2, 0) is 21.4 Å². The highest BCUT2D eigenvalue weighted by Gasteiger charge is 2.17. The molecule has 1 amide bonds. The molecule has 0 atom stereocenters. The van der Waals surface area contributed by atoms with Crippen molar-refractivity contribution >= 4 is 45.0 Å². The lowest BCUT2D eigenvalue weighted by Gasteiger charge is -2.11. The van der Waals surface area contributed by atoms with E-state index in [2.05, 4.69) is 26.8 Å². The van der Waals surface area contributed by atoms with Gasteiger partial charge in [0.25, 0.3) is 0 Å². The number of allylic oxidation sites excluding steroid dienone is 1. The Kier molecular flexibility index (Phi) is 7.73. The number of sulfonamides is 1. The molecule has 8 nitrogen and oxygen atoms in total. The Morgan fingerprint density at radius 1 is 1.22 bits per heavy atom. The van der Waals surface area contributed by atoms with Crippen LogP contribution in [0.15, 0.2) is 65.2 Å². The Bertz CT molecular complexity index is 1240. The van der Waals surface area contributed by atoms with Crippen LogP contribution in [0.1, 0.15) is 5.56 Å². The molecule has 0 saturated heterocycles. The van der Waals surface area contributed by atoms with Gasteiger partial charge in [0.2, 0.25) is 15.9 Å². The predicted molar refractivity (Wildman–Crippen MR) is 127 cm³/mol. The first-order valence-electron chi connectivity index (χ1n) is 9.52. The zero-order valence-electron chi connectivity index (χ0n) is 17.5. The van der Waals surface area contributed by atoms with Crippen LogP contribution in [-0.4, -0.2) is 41.9 Å². The lowest BCUT2D eigenvalue weighted by atomic mass is 10.2. The lowest BCUT2D eigenvalue weighted by Crippen LogP contribution is -2.20. The molecule has 2 aromatic carbocycles. The van der Waals surface area contributed by atoms with E-state index in [1.165, 1.54) is 24.9 Å². The Labute approximate surface area is 196 Å². The first kappa shape index (κ1) is 24.0. The van der Waals surface area contributed by atoms with Crippen molar-refractivity contribution in [3.8, 4) is 11.4 Å². The third kappa shape index (κ3) is 5.57. The Hall–Kier alpha value is -2.66. The molecule has 0 aliphatic heterocycles. The van der Waals surface area contributed by atoms with Gasteiger partial charge in [-0.25, -0.2) is 13.1 Å². The topological polar surface area (TPSA) is 106 Å². The van der Waals surface area contributed by atoms with Crippen molar-refractivity contribution in [2.45, 2.75) is 23.5 Å². The Morgan fingerprint density at radius 2 is 1.94 bits per heavy atom. The molecule has 0 unspecified atom stereocenters. The summed E-state index contributed by atoms with van der Waals surface area (Å²) in [5, 5.41) is 12.4. The summed E-state index contributed by atoms with van der Waals surface area (Å²) in [6.07, 6.45) is 1.73. The van der Waals surface area contributed by atoms with E-state index in [1.807, 2.05) is 16.7 Å². The van der Waals surface area contributed by atoms with Crippen LogP contribution in [0.25, 0.3) is 11.4 Å². The van der Waals surface area contributed by atoms with Gasteiger partial charge in [-0.1, -0.05) is 35.5 Å². The number of amides is 1. The summed E-state index contributed by atoms with van der Waals surface area (Å²) in [6, 6.07) is 12.0. The van der Waals surface area contributed by atoms with Crippen molar-refractivity contribution in [2.75, 3.05) is 18.1 Å². The minimum Gasteiger partial charge on any atom is -0.325 e. The molecule has 0 aliphatic carbocycles. The van der Waals surface area contributed by atoms with E-state index in [-0.39, 0.29) is 16.6 Å². The second kappa shape index (κ2) is 10.3. The summed E-state index contributed by atoms with van der Waals surface area (Å²) in [5.74, 6) is 0.413. The molecular formula is C21H22ClN5O3S2. The molecular weight excluding hydrogens is 470 g/mol. The number of aromatic nitrogens is 3. The van der Waals surface area contributed by atoms with Crippen molar-refractivity contribution in [1.82, 2.24) is 19.5 Å². The molecule has 0 aliphatic rings. The van der Waals surface area contributed by atoms with Crippen LogP contribution in [0.4, 0.5) is 5.69 Å². The van der Waals surface area contributed by atoms with Crippen LogP contribution in [0, 0.1) is 6.92 Å². The van der Waals surface area contributed by atoms with Crippen molar-refractivity contribution in [3.63, 3.8) is 0 Å². The van der Waals surface area contributed by atoms with Gasteiger partial charge in [-0.05, 0) is 55.9 Å². The summed E-state index contributed by atoms with van der Waals surface area (Å²) in [4.78, 5) is 12.6. The lowest BCUT2D eigenvalue weighted by molar-refractivity contribution is -0.113. The number of rotatable bonds is 9. The number of nitrogens with zero attached hydrogens (tertiary/aromatic N) is 3. The summed E-state index contributed by atoms with van der Waals surface area (Å²) >= 11 is 7.19. The SMILES string of the molecule is C=CCn1c(SCC(=O)Nc2ccc(C)c(S(=O)(=O)NC)c2)nnc1-c1ccc(Cl)cc1. The maximum absolute atomic E-state index is 12.5. The Morgan fingerprint density at radius 3 is 2.59 bits per heavy atom. The maximum atomic E-state index is 12.5. The van der Waals surface area contributed by atoms with Crippen molar-refractivity contribution in [1.29, 1.82) is 0 Å². The van der Waals surface area contributed by atoms with Crippen LogP contribution >= 0.6 is 23.4 Å². The number of nitrogens with one attached hydrogen (secondary N) is 2. The number of carbonyl (C=O) groups excluding carboxylic acids is 1. The largest absolute Gasteiger partial charge is 0.325 e. The van der Waals surface area contributed by atoms with E-state index in [4.69, 9.17) is 11.6 Å². The highest BCUT2D eigenvalue weighted by atomic mass is 35.5. The number of anilines is 1. The van der Waals surface area contributed by atoms with E-state index in [0.29, 0.717) is 33.8 Å². The summed E-state index contributed by atoms with van der Waals surface area (Å²) in [6.45, 7) is 5.94. The fourth-order valence-corrected chi connectivity index (χ4v) is 4.77. The predicted octanol–water partition coefficient (Wildman–Crippen LogP) is 3.73. The minimum absolute atomic E-state index is 0.0673. The quantitative estimate of drug-likeness (QED) is 0.349. The van der Waals surface area contributed by atoms with Gasteiger partial charge in [0.1, 0.15) is 0 Å². The average molecular weight is 492 g/mol. The summed E-state index contributed by atoms with van der Waals surface area (Å²) in [5.41, 5.74) is 1.82. The molecule has 0 bridgehead atoms. The normalized spacial score (nSPS) is 11.3. The number of hydrogen-bond acceptors (Lipinski definition) is 6. The highest BCUT2D eigenvalue weighted by Crippen LogP contribution is 2.26. The second-order valence-electron chi connectivity index (χ2n) is 6.74. The monoisotopic (exact) mass is 491 g/mol. The molecule has 1 aromatic heterocycles. The zero-order chi connectivity index (χ0) is 23.3. The van der Waals surface area contributed by atoms with Crippen molar-refractivity contribution in [3.05, 3.63) is 65.7 Å². The van der Waals surface area contributed by atoms with Gasteiger partial charge < -0.3 is 5.32 Å². The van der Waals surface area contributed by atoms with Gasteiger partial charge in [0.05, 0.1) is 10.6 Å². The standard InChI is InChI=1S/C21H22ClN5O3S2/c1-4-11-27-20(15-6-8-16(22)9-7-15)25-26-21(27)31-13-19(28)24-17-10-5-14(2)18(12-17)32(29,30)23-3/h4-10,12,23H,1,11,13H2,2-3H3,(H,24,28). The minimum atomic E-state index is -3.63. The molecule has 0 fully saturated rings. The van der Waals surface area contributed by atoms with Crippen LogP contribution in [0.5, 0.6) is 0 Å². The van der Waals surface area contributed by atoms with Crippen molar-refractivity contribution < 1.29 is 13.2 Å². The van der Waals surface area contributed by atoms with Gasteiger partial charge in [-0.2, -0.15) is 0 Å². The molecule has 32 heavy (non-hydrogen) atoms. The number of aryl methyl sites for hydroxylation is 1. The zero-order valence-corrected chi connectivity index (χ0v) is 19.9. The molecule has 2 N–H and O–H groups in total. The van der Waals surface area contributed by atoms with Crippen LogP contribution in [0.2, 0.25) is 5.02 Å². The van der Waals surface area contributed by atoms with E-state index >= 15 is 0 Å². The smallest absolute Gasteiger partial charge is 0.240 e. The van der Waals surface area contributed by atoms with E-state index in [9.17, 15) is 13.2 Å². The fourth-order valence-electron chi connectivity index (χ4n) is 2.91. The molecule has 0 radical (unpaired) electrons. The fraction of sp³-hybridized carbons (Fsp3) is 0.190. The van der Waals surface area contributed by atoms with E-state index < -0.39 is 10.0 Å². The molecule has 3 rings (SSSR count). The van der Waals surface area contributed by atoms with Crippen LogP contribution < -0.4 is 10.0 Å². The Balaban J connectivity index is 1.73. The molecule has 168 valence electrons. The maximum Gasteiger partial charge on any atom is 0.240 e. The average Bonchev–Trinajstić information content (AvgIpc) is 3.17. The number of hydrogen-bond donors (Lipinski definition) is 2. The van der Waals surface area contributed by atoms with Gasteiger partial charge in [-0.3, -0.25) is 9.36 Å².